The smallest absolute Gasteiger partial charge is 0.261 e. The van der Waals surface area contributed by atoms with Gasteiger partial charge in [0.25, 0.3) is 15.9 Å². The van der Waals surface area contributed by atoms with Gasteiger partial charge in [-0.25, -0.2) is 8.42 Å². The van der Waals surface area contributed by atoms with E-state index in [1.54, 1.807) is 12.1 Å². The summed E-state index contributed by atoms with van der Waals surface area (Å²) in [6, 6.07) is 11.4. The molecule has 8 nitrogen and oxygen atoms in total. The topological polar surface area (TPSA) is 117 Å². The minimum atomic E-state index is -3.93. The van der Waals surface area contributed by atoms with Gasteiger partial charge < -0.3 is 15.0 Å². The van der Waals surface area contributed by atoms with Crippen LogP contribution in [0.2, 0.25) is 0 Å². The zero-order valence-corrected chi connectivity index (χ0v) is 20.7. The summed E-state index contributed by atoms with van der Waals surface area (Å²) in [5, 5.41) is 2.82. The van der Waals surface area contributed by atoms with Crippen molar-refractivity contribution in [2.75, 3.05) is 17.9 Å². The summed E-state index contributed by atoms with van der Waals surface area (Å²) < 4.78 is 33.8. The highest BCUT2D eigenvalue weighted by molar-refractivity contribution is 7.92. The van der Waals surface area contributed by atoms with Gasteiger partial charge in [-0.05, 0) is 62.1 Å². The highest BCUT2D eigenvalue weighted by Crippen LogP contribution is 2.21. The highest BCUT2D eigenvalue weighted by Gasteiger charge is 2.18. The minimum absolute atomic E-state index is 0.0678. The molecule has 34 heavy (non-hydrogen) atoms. The third-order valence-electron chi connectivity index (χ3n) is 5.29. The number of H-pyrrole nitrogens is 1. The molecule has 0 atom stereocenters. The molecule has 0 spiro atoms. The van der Waals surface area contributed by atoms with Crippen LogP contribution in [0.15, 0.2) is 58.4 Å². The van der Waals surface area contributed by atoms with Gasteiger partial charge in [0.1, 0.15) is 5.56 Å². The van der Waals surface area contributed by atoms with Gasteiger partial charge in [0.05, 0.1) is 11.0 Å². The quantitative estimate of drug-likeness (QED) is 0.375. The lowest BCUT2D eigenvalue weighted by molar-refractivity contribution is 0.0757. The van der Waals surface area contributed by atoms with Gasteiger partial charge in [0.2, 0.25) is 5.43 Å². The average molecular weight is 486 g/mol. The number of anilines is 1. The van der Waals surface area contributed by atoms with E-state index < -0.39 is 21.4 Å². The molecular formula is C25H31N3O5S. The Balaban J connectivity index is 1.80. The van der Waals surface area contributed by atoms with Crippen molar-refractivity contribution < 1.29 is 17.9 Å². The SMILES string of the molecule is CC(C)OCCCNC(=O)c1c[nH]c2ccc(S(=O)(=O)Nc3ccc(C(C)C)cc3)cc2c1=O. The number of sulfonamides is 1. The van der Waals surface area contributed by atoms with Gasteiger partial charge in [0, 0.05) is 35.9 Å². The van der Waals surface area contributed by atoms with Crippen LogP contribution in [-0.4, -0.2) is 38.6 Å². The summed E-state index contributed by atoms with van der Waals surface area (Å²) >= 11 is 0. The average Bonchev–Trinajstić information content (AvgIpc) is 2.78. The molecule has 0 fully saturated rings. The van der Waals surface area contributed by atoms with Crippen molar-refractivity contribution in [1.82, 2.24) is 10.3 Å². The van der Waals surface area contributed by atoms with Gasteiger partial charge in [-0.2, -0.15) is 0 Å². The van der Waals surface area contributed by atoms with Crippen LogP contribution in [0, 0.1) is 0 Å². The Bertz CT molecular complexity index is 1310. The van der Waals surface area contributed by atoms with Gasteiger partial charge >= 0.3 is 0 Å². The van der Waals surface area contributed by atoms with E-state index in [-0.39, 0.29) is 21.9 Å². The van der Waals surface area contributed by atoms with Crippen LogP contribution in [0.5, 0.6) is 0 Å². The zero-order valence-electron chi connectivity index (χ0n) is 19.8. The van der Waals surface area contributed by atoms with Gasteiger partial charge in [0.15, 0.2) is 0 Å². The monoisotopic (exact) mass is 485 g/mol. The molecule has 0 bridgehead atoms. The van der Waals surface area contributed by atoms with Crippen molar-refractivity contribution in [1.29, 1.82) is 0 Å². The summed E-state index contributed by atoms with van der Waals surface area (Å²) in [5.74, 6) is -0.193. The van der Waals surface area contributed by atoms with E-state index in [1.807, 2.05) is 26.0 Å². The summed E-state index contributed by atoms with van der Waals surface area (Å²) in [6.07, 6.45) is 2.06. The zero-order chi connectivity index (χ0) is 24.9. The highest BCUT2D eigenvalue weighted by atomic mass is 32.2. The number of aromatic amines is 1. The third kappa shape index (κ3) is 6.24. The van der Waals surface area contributed by atoms with E-state index in [4.69, 9.17) is 4.74 Å². The molecule has 9 heteroatoms. The second-order valence-electron chi connectivity index (χ2n) is 8.65. The molecule has 1 heterocycles. The van der Waals surface area contributed by atoms with Crippen LogP contribution < -0.4 is 15.5 Å². The van der Waals surface area contributed by atoms with E-state index >= 15 is 0 Å². The van der Waals surface area contributed by atoms with E-state index in [1.165, 1.54) is 24.4 Å². The first-order valence-corrected chi connectivity index (χ1v) is 12.7. The first kappa shape index (κ1) is 25.5. The summed E-state index contributed by atoms with van der Waals surface area (Å²) in [5.41, 5.74) is 1.34. The van der Waals surface area contributed by atoms with Crippen molar-refractivity contribution in [3.63, 3.8) is 0 Å². The molecule has 0 aliphatic heterocycles. The molecule has 1 aromatic heterocycles. The summed E-state index contributed by atoms with van der Waals surface area (Å²) in [7, 11) is -3.93. The van der Waals surface area contributed by atoms with Gasteiger partial charge in [-0.1, -0.05) is 26.0 Å². The molecule has 0 aliphatic rings. The van der Waals surface area contributed by atoms with Crippen LogP contribution >= 0.6 is 0 Å². The Kier molecular flexibility index (Phi) is 8.11. The number of ether oxygens (including phenoxy) is 1. The number of carbonyl (C=O) groups excluding carboxylic acids is 1. The van der Waals surface area contributed by atoms with Crippen molar-refractivity contribution in [3.05, 3.63) is 70.0 Å². The Morgan fingerprint density at radius 2 is 1.76 bits per heavy atom. The van der Waals surface area contributed by atoms with E-state index in [0.29, 0.717) is 36.7 Å². The Morgan fingerprint density at radius 3 is 2.41 bits per heavy atom. The first-order valence-electron chi connectivity index (χ1n) is 11.3. The van der Waals surface area contributed by atoms with Crippen LogP contribution in [0.3, 0.4) is 0 Å². The largest absolute Gasteiger partial charge is 0.379 e. The molecule has 3 N–H and O–H groups in total. The number of benzene rings is 2. The lowest BCUT2D eigenvalue weighted by atomic mass is 10.0. The number of amides is 1. The summed E-state index contributed by atoms with van der Waals surface area (Å²) in [6.45, 7) is 8.83. The third-order valence-corrected chi connectivity index (χ3v) is 6.67. The molecule has 1 amide bonds. The minimum Gasteiger partial charge on any atom is -0.379 e. The van der Waals surface area contributed by atoms with Crippen molar-refractivity contribution >= 4 is 32.5 Å². The molecule has 182 valence electrons. The van der Waals surface area contributed by atoms with Gasteiger partial charge in [-0.3, -0.25) is 14.3 Å². The molecule has 0 unspecified atom stereocenters. The predicted molar refractivity (Wildman–Crippen MR) is 134 cm³/mol. The number of nitrogens with one attached hydrogen (secondary N) is 3. The van der Waals surface area contributed by atoms with Crippen LogP contribution in [0.1, 0.15) is 56.0 Å². The summed E-state index contributed by atoms with van der Waals surface area (Å²) in [4.78, 5) is 28.3. The van der Waals surface area contributed by atoms with Crippen molar-refractivity contribution in [2.24, 2.45) is 0 Å². The molecule has 0 radical (unpaired) electrons. The normalized spacial score (nSPS) is 11.8. The van der Waals surface area contributed by atoms with Crippen molar-refractivity contribution in [2.45, 2.75) is 51.0 Å². The number of aromatic nitrogens is 1. The fourth-order valence-electron chi connectivity index (χ4n) is 3.37. The lowest BCUT2D eigenvalue weighted by Gasteiger charge is -2.11. The standard InChI is InChI=1S/C25H31N3O5S/c1-16(2)18-6-8-19(9-7-18)28-34(31,32)20-10-11-23-21(14-20)24(29)22(15-27-23)25(30)26-12-5-13-33-17(3)4/h6-11,14-17,28H,5,12-13H2,1-4H3,(H,26,30)(H,27,29). The second kappa shape index (κ2) is 10.8. The maximum Gasteiger partial charge on any atom is 0.261 e. The molecule has 3 rings (SSSR count). The number of hydrogen-bond donors (Lipinski definition) is 3. The number of pyridine rings is 1. The fraction of sp³-hybridized carbons (Fsp3) is 0.360. The van der Waals surface area contributed by atoms with Crippen LogP contribution in [-0.2, 0) is 14.8 Å². The number of rotatable bonds is 10. The van der Waals surface area contributed by atoms with Gasteiger partial charge in [-0.15, -0.1) is 0 Å². The maximum atomic E-state index is 13.0. The van der Waals surface area contributed by atoms with Crippen molar-refractivity contribution in [3.8, 4) is 0 Å². The number of fused-ring (bicyclic) bond motifs is 1. The van der Waals surface area contributed by atoms with E-state index in [9.17, 15) is 18.0 Å². The molecular weight excluding hydrogens is 454 g/mol. The molecule has 3 aromatic rings. The predicted octanol–water partition coefficient (Wildman–Crippen LogP) is 4.00. The molecule has 2 aromatic carbocycles. The molecule has 0 aliphatic carbocycles. The fourth-order valence-corrected chi connectivity index (χ4v) is 4.46. The number of hydrogen-bond acceptors (Lipinski definition) is 5. The first-order chi connectivity index (χ1) is 16.1. The Hall–Kier alpha value is -3.17. The van der Waals surface area contributed by atoms with Crippen LogP contribution in [0.4, 0.5) is 5.69 Å². The second-order valence-corrected chi connectivity index (χ2v) is 10.3. The molecule has 0 saturated carbocycles. The van der Waals surface area contributed by atoms with E-state index in [2.05, 4.69) is 28.9 Å². The lowest BCUT2D eigenvalue weighted by Crippen LogP contribution is -2.30. The molecule has 0 saturated heterocycles. The Morgan fingerprint density at radius 1 is 1.06 bits per heavy atom. The number of carbonyl (C=O) groups is 1. The Labute approximate surface area is 199 Å². The van der Waals surface area contributed by atoms with E-state index in [0.717, 1.165) is 5.56 Å². The maximum absolute atomic E-state index is 13.0. The van der Waals surface area contributed by atoms with Crippen LogP contribution in [0.25, 0.3) is 10.9 Å².